The van der Waals surface area contributed by atoms with Crippen molar-refractivity contribution in [1.82, 2.24) is 14.7 Å². The molecular weight excluding hydrogens is 308 g/mol. The Bertz CT molecular complexity index is 749. The van der Waals surface area contributed by atoms with Crippen LogP contribution in [0.15, 0.2) is 12.4 Å². The van der Waals surface area contributed by atoms with Crippen LogP contribution in [0.5, 0.6) is 0 Å². The van der Waals surface area contributed by atoms with Crippen LogP contribution in [0.3, 0.4) is 0 Å². The fraction of sp³-hybridized carbons (Fsp3) is 0.538. The number of piperidine rings is 1. The molecule has 114 valence electrons. The van der Waals surface area contributed by atoms with Crippen LogP contribution in [0.1, 0.15) is 17.7 Å². The molecule has 2 aromatic rings. The molecule has 1 N–H and O–H groups in total. The zero-order valence-corrected chi connectivity index (χ0v) is 13.7. The first-order valence-electron chi connectivity index (χ1n) is 6.86. The normalized spacial score (nSPS) is 17.5. The van der Waals surface area contributed by atoms with E-state index >= 15 is 0 Å². The third-order valence-electron chi connectivity index (χ3n) is 3.61. The molecule has 1 saturated heterocycles. The van der Waals surface area contributed by atoms with Crippen molar-refractivity contribution in [3.8, 4) is 0 Å². The monoisotopic (exact) mass is 326 g/mol. The van der Waals surface area contributed by atoms with Gasteiger partial charge >= 0.3 is 0 Å². The number of aromatic nitrogens is 2. The Morgan fingerprint density at radius 2 is 2.05 bits per heavy atom. The maximum atomic E-state index is 11.3. The molecule has 0 amide bonds. The second-order valence-electron chi connectivity index (χ2n) is 5.42. The van der Waals surface area contributed by atoms with E-state index in [2.05, 4.69) is 32.6 Å². The molecule has 1 fully saturated rings. The van der Waals surface area contributed by atoms with Gasteiger partial charge in [-0.25, -0.2) is 23.1 Å². The van der Waals surface area contributed by atoms with Crippen molar-refractivity contribution in [3.63, 3.8) is 0 Å². The molecule has 0 unspecified atom stereocenters. The van der Waals surface area contributed by atoms with E-state index < -0.39 is 10.0 Å². The van der Waals surface area contributed by atoms with Crippen molar-refractivity contribution in [3.05, 3.63) is 17.3 Å². The summed E-state index contributed by atoms with van der Waals surface area (Å²) in [5, 5.41) is 1.09. The summed E-state index contributed by atoms with van der Waals surface area (Å²) in [5.41, 5.74) is 0. The zero-order valence-electron chi connectivity index (χ0n) is 12.0. The minimum absolute atomic E-state index is 0.0257. The lowest BCUT2D eigenvalue weighted by Crippen LogP contribution is -2.44. The summed E-state index contributed by atoms with van der Waals surface area (Å²) in [4.78, 5) is 13.2. The smallest absolute Gasteiger partial charge is 0.208 e. The molecule has 0 aliphatic carbocycles. The van der Waals surface area contributed by atoms with E-state index in [9.17, 15) is 8.42 Å². The molecule has 0 radical (unpaired) electrons. The largest absolute Gasteiger partial charge is 0.356 e. The van der Waals surface area contributed by atoms with Crippen molar-refractivity contribution < 1.29 is 8.42 Å². The fourth-order valence-electron chi connectivity index (χ4n) is 2.73. The molecule has 1 aliphatic heterocycles. The van der Waals surface area contributed by atoms with Gasteiger partial charge in [0.2, 0.25) is 10.0 Å². The first-order chi connectivity index (χ1) is 9.92. The number of hydrogen-bond acceptors (Lipinski definition) is 6. The van der Waals surface area contributed by atoms with Gasteiger partial charge in [-0.15, -0.1) is 11.3 Å². The van der Waals surface area contributed by atoms with Crippen molar-refractivity contribution in [2.45, 2.75) is 25.8 Å². The Kier molecular flexibility index (Phi) is 3.85. The summed E-state index contributed by atoms with van der Waals surface area (Å²) in [6.45, 7) is 3.67. The molecule has 8 heteroatoms. The highest BCUT2D eigenvalue weighted by molar-refractivity contribution is 7.88. The average Bonchev–Trinajstić information content (AvgIpc) is 2.78. The average molecular weight is 326 g/mol. The van der Waals surface area contributed by atoms with E-state index in [4.69, 9.17) is 0 Å². The van der Waals surface area contributed by atoms with Gasteiger partial charge in [0.15, 0.2) is 0 Å². The highest BCUT2D eigenvalue weighted by atomic mass is 32.2. The number of anilines is 1. The van der Waals surface area contributed by atoms with E-state index in [-0.39, 0.29) is 6.04 Å². The predicted octanol–water partition coefficient (Wildman–Crippen LogP) is 1.52. The molecule has 0 spiro atoms. The third kappa shape index (κ3) is 3.33. The van der Waals surface area contributed by atoms with E-state index in [1.54, 1.807) is 17.7 Å². The number of rotatable bonds is 3. The van der Waals surface area contributed by atoms with Crippen molar-refractivity contribution in [2.75, 3.05) is 24.2 Å². The van der Waals surface area contributed by atoms with Gasteiger partial charge in [-0.2, -0.15) is 0 Å². The Morgan fingerprint density at radius 3 is 2.71 bits per heavy atom. The molecular formula is C13H18N4O2S2. The maximum absolute atomic E-state index is 11.3. The van der Waals surface area contributed by atoms with Crippen LogP contribution in [-0.2, 0) is 10.0 Å². The number of nitrogens with one attached hydrogen (secondary N) is 1. The number of thiophene rings is 1. The van der Waals surface area contributed by atoms with Gasteiger partial charge in [0, 0.05) is 24.0 Å². The number of nitrogens with zero attached hydrogens (tertiary/aromatic N) is 3. The number of fused-ring (bicyclic) bond motifs is 1. The van der Waals surface area contributed by atoms with E-state index in [0.29, 0.717) is 0 Å². The fourth-order valence-corrected chi connectivity index (χ4v) is 4.41. The number of hydrogen-bond donors (Lipinski definition) is 1. The molecule has 2 aromatic heterocycles. The Labute approximate surface area is 128 Å². The quantitative estimate of drug-likeness (QED) is 0.925. The van der Waals surface area contributed by atoms with Crippen LogP contribution in [0.25, 0.3) is 10.2 Å². The molecule has 0 bridgehead atoms. The van der Waals surface area contributed by atoms with E-state index in [1.165, 1.54) is 11.1 Å². The summed E-state index contributed by atoms with van der Waals surface area (Å²) in [6, 6.07) is 2.15. The summed E-state index contributed by atoms with van der Waals surface area (Å²) < 4.78 is 25.3. The summed E-state index contributed by atoms with van der Waals surface area (Å²) in [7, 11) is -3.13. The summed E-state index contributed by atoms with van der Waals surface area (Å²) in [5.74, 6) is 0.960. The lowest BCUT2D eigenvalue weighted by molar-refractivity contribution is 0.460. The molecule has 0 atom stereocenters. The summed E-state index contributed by atoms with van der Waals surface area (Å²) in [6.07, 6.45) is 4.40. The highest BCUT2D eigenvalue weighted by Crippen LogP contribution is 2.31. The van der Waals surface area contributed by atoms with Crippen molar-refractivity contribution >= 4 is 37.4 Å². The minimum atomic E-state index is -3.13. The van der Waals surface area contributed by atoms with Gasteiger partial charge in [0.1, 0.15) is 17.0 Å². The lowest BCUT2D eigenvalue weighted by atomic mass is 10.1. The molecule has 3 heterocycles. The van der Waals surface area contributed by atoms with Crippen LogP contribution in [0.4, 0.5) is 5.82 Å². The van der Waals surface area contributed by atoms with E-state index in [0.717, 1.165) is 42.0 Å². The second kappa shape index (κ2) is 5.51. The Morgan fingerprint density at radius 1 is 1.33 bits per heavy atom. The van der Waals surface area contributed by atoms with Gasteiger partial charge in [-0.3, -0.25) is 0 Å². The van der Waals surface area contributed by atoms with Crippen molar-refractivity contribution in [2.24, 2.45) is 0 Å². The summed E-state index contributed by atoms with van der Waals surface area (Å²) >= 11 is 1.67. The lowest BCUT2D eigenvalue weighted by Gasteiger charge is -2.32. The SMILES string of the molecule is Cc1cc2c(N3CCC(NS(C)(=O)=O)CC3)ncnc2s1. The number of aryl methyl sites for hydroxylation is 1. The Balaban J connectivity index is 1.77. The third-order valence-corrected chi connectivity index (χ3v) is 5.33. The van der Waals surface area contributed by atoms with Gasteiger partial charge in [0.25, 0.3) is 0 Å². The molecule has 0 saturated carbocycles. The molecule has 1 aliphatic rings. The van der Waals surface area contributed by atoms with Crippen LogP contribution < -0.4 is 9.62 Å². The van der Waals surface area contributed by atoms with Crippen molar-refractivity contribution in [1.29, 1.82) is 0 Å². The van der Waals surface area contributed by atoms with Crippen LogP contribution in [0.2, 0.25) is 0 Å². The highest BCUT2D eigenvalue weighted by Gasteiger charge is 2.23. The molecule has 21 heavy (non-hydrogen) atoms. The standard InChI is InChI=1S/C13H18N4O2S2/c1-9-7-11-12(14-8-15-13(11)20-9)17-5-3-10(4-6-17)16-21(2,18)19/h7-8,10,16H,3-6H2,1-2H3. The zero-order chi connectivity index (χ0) is 15.0. The topological polar surface area (TPSA) is 75.2 Å². The second-order valence-corrected chi connectivity index (χ2v) is 8.44. The van der Waals surface area contributed by atoms with Gasteiger partial charge in [0.05, 0.1) is 11.6 Å². The first-order valence-corrected chi connectivity index (χ1v) is 9.56. The van der Waals surface area contributed by atoms with E-state index in [1.807, 2.05) is 0 Å². The molecule has 3 rings (SSSR count). The number of sulfonamides is 1. The van der Waals surface area contributed by atoms with Gasteiger partial charge in [-0.05, 0) is 25.8 Å². The first kappa shape index (κ1) is 14.7. The molecule has 0 aromatic carbocycles. The maximum Gasteiger partial charge on any atom is 0.208 e. The van der Waals surface area contributed by atoms with Crippen LogP contribution in [0, 0.1) is 6.92 Å². The molecule has 6 nitrogen and oxygen atoms in total. The van der Waals surface area contributed by atoms with Crippen LogP contribution >= 0.6 is 11.3 Å². The Hall–Kier alpha value is -1.25. The predicted molar refractivity (Wildman–Crippen MR) is 85.4 cm³/mol. The van der Waals surface area contributed by atoms with Crippen LogP contribution in [-0.4, -0.2) is 43.8 Å². The minimum Gasteiger partial charge on any atom is -0.356 e. The van der Waals surface area contributed by atoms with Gasteiger partial charge in [-0.1, -0.05) is 0 Å². The van der Waals surface area contributed by atoms with Gasteiger partial charge < -0.3 is 4.90 Å².